The van der Waals surface area contributed by atoms with E-state index < -0.39 is 0 Å². The number of hydrogen-bond donors (Lipinski definition) is 1. The van der Waals surface area contributed by atoms with Crippen LogP contribution in [0.5, 0.6) is 0 Å². The van der Waals surface area contributed by atoms with Crippen molar-refractivity contribution in [3.05, 3.63) is 38.9 Å². The molecule has 0 aliphatic carbocycles. The molecule has 0 unspecified atom stereocenters. The van der Waals surface area contributed by atoms with Gasteiger partial charge in [-0.1, -0.05) is 0 Å². The normalized spacial score (nSPS) is 11.9. The van der Waals surface area contributed by atoms with Gasteiger partial charge in [0.25, 0.3) is 5.91 Å². The molecule has 2 aromatic heterocycles. The van der Waals surface area contributed by atoms with Crippen molar-refractivity contribution in [3.63, 3.8) is 0 Å². The van der Waals surface area contributed by atoms with Crippen molar-refractivity contribution < 1.29 is 9.59 Å². The highest BCUT2D eigenvalue weighted by Gasteiger charge is 2.19. The smallest absolute Gasteiger partial charge is 0.296 e. The van der Waals surface area contributed by atoms with E-state index in [0.29, 0.717) is 27.3 Å². The molecule has 0 atom stereocenters. The van der Waals surface area contributed by atoms with Gasteiger partial charge in [-0.2, -0.15) is 4.99 Å². The Morgan fingerprint density at radius 1 is 1.37 bits per heavy atom. The van der Waals surface area contributed by atoms with Gasteiger partial charge in [-0.05, 0) is 26.3 Å². The Balaban J connectivity index is 2.50. The average molecular weight is 277 g/mol. The van der Waals surface area contributed by atoms with Crippen LogP contribution in [0.2, 0.25) is 0 Å². The number of ketones is 1. The topological polar surface area (TPSA) is 67.2 Å². The summed E-state index contributed by atoms with van der Waals surface area (Å²) in [4.78, 5) is 31.3. The van der Waals surface area contributed by atoms with Crippen LogP contribution in [0.15, 0.2) is 16.6 Å². The number of nitrogens with zero attached hydrogens (tertiary/aromatic N) is 2. The number of carbonyl (C=O) groups is 2. The van der Waals surface area contributed by atoms with Gasteiger partial charge >= 0.3 is 0 Å². The van der Waals surface area contributed by atoms with Crippen molar-refractivity contribution in [3.8, 4) is 0 Å². The zero-order valence-corrected chi connectivity index (χ0v) is 12.1. The van der Waals surface area contributed by atoms with Crippen LogP contribution in [-0.2, 0) is 7.05 Å². The predicted molar refractivity (Wildman–Crippen MR) is 73.5 cm³/mol. The molecule has 0 saturated heterocycles. The number of nitrogens with one attached hydrogen (secondary N) is 1. The molecule has 0 radical (unpaired) electrons. The highest BCUT2D eigenvalue weighted by Crippen LogP contribution is 2.19. The molecule has 100 valence electrons. The van der Waals surface area contributed by atoms with Crippen molar-refractivity contribution >= 4 is 23.0 Å². The van der Waals surface area contributed by atoms with Gasteiger partial charge in [-0.25, -0.2) is 0 Å². The quantitative estimate of drug-likeness (QED) is 0.853. The highest BCUT2D eigenvalue weighted by molar-refractivity contribution is 7.07. The fourth-order valence-corrected chi connectivity index (χ4v) is 2.80. The lowest BCUT2D eigenvalue weighted by Crippen LogP contribution is -2.13. The molecule has 0 fully saturated rings. The number of thiazole rings is 1. The largest absolute Gasteiger partial charge is 0.354 e. The molecule has 0 bridgehead atoms. The number of rotatable bonds is 2. The molecule has 19 heavy (non-hydrogen) atoms. The van der Waals surface area contributed by atoms with E-state index in [-0.39, 0.29) is 11.7 Å². The lowest BCUT2D eigenvalue weighted by atomic mass is 10.1. The van der Waals surface area contributed by atoms with Crippen LogP contribution in [0.4, 0.5) is 0 Å². The Kier molecular flexibility index (Phi) is 3.53. The Morgan fingerprint density at radius 2 is 2.05 bits per heavy atom. The first-order valence-corrected chi connectivity index (χ1v) is 6.69. The first kappa shape index (κ1) is 13.5. The Bertz CT molecular complexity index is 719. The Hall–Kier alpha value is -1.95. The number of carbonyl (C=O) groups excluding carboxylic acids is 2. The number of H-pyrrole nitrogens is 1. The number of amides is 1. The van der Waals surface area contributed by atoms with Crippen molar-refractivity contribution in [2.75, 3.05) is 0 Å². The van der Waals surface area contributed by atoms with E-state index >= 15 is 0 Å². The van der Waals surface area contributed by atoms with Gasteiger partial charge in [0.05, 0.1) is 0 Å². The van der Waals surface area contributed by atoms with Crippen LogP contribution in [0.1, 0.15) is 39.0 Å². The first-order valence-electron chi connectivity index (χ1n) is 5.81. The summed E-state index contributed by atoms with van der Waals surface area (Å²) in [7, 11) is 1.83. The van der Waals surface area contributed by atoms with Crippen LogP contribution in [0.25, 0.3) is 0 Å². The zero-order valence-electron chi connectivity index (χ0n) is 11.3. The molecule has 0 spiro atoms. The second-order valence-corrected chi connectivity index (χ2v) is 5.27. The molecular formula is C13H15N3O2S. The van der Waals surface area contributed by atoms with Gasteiger partial charge < -0.3 is 9.55 Å². The fourth-order valence-electron chi connectivity index (χ4n) is 2.07. The molecule has 0 aliphatic heterocycles. The zero-order chi connectivity index (χ0) is 14.2. The predicted octanol–water partition coefficient (Wildman–Crippen LogP) is 1.98. The minimum atomic E-state index is -0.355. The molecule has 2 aromatic rings. The minimum absolute atomic E-state index is 0.0491. The van der Waals surface area contributed by atoms with E-state index in [9.17, 15) is 9.59 Å². The lowest BCUT2D eigenvalue weighted by molar-refractivity contribution is 0.0992. The maximum Gasteiger partial charge on any atom is 0.296 e. The molecule has 1 amide bonds. The molecule has 2 heterocycles. The van der Waals surface area contributed by atoms with Crippen LogP contribution >= 0.6 is 11.3 Å². The summed E-state index contributed by atoms with van der Waals surface area (Å²) < 4.78 is 1.78. The summed E-state index contributed by atoms with van der Waals surface area (Å²) in [5.74, 6) is -0.405. The first-order chi connectivity index (χ1) is 8.91. The Labute approximate surface area is 114 Å². The van der Waals surface area contributed by atoms with Crippen molar-refractivity contribution in [2.45, 2.75) is 20.8 Å². The third kappa shape index (κ3) is 2.44. The minimum Gasteiger partial charge on any atom is -0.354 e. The second-order valence-electron chi connectivity index (χ2n) is 4.39. The van der Waals surface area contributed by atoms with E-state index in [4.69, 9.17) is 0 Å². The van der Waals surface area contributed by atoms with Crippen molar-refractivity contribution in [2.24, 2.45) is 12.0 Å². The molecule has 1 N–H and O–H groups in total. The highest BCUT2D eigenvalue weighted by atomic mass is 32.1. The van der Waals surface area contributed by atoms with Crippen LogP contribution in [0, 0.1) is 13.8 Å². The van der Waals surface area contributed by atoms with Gasteiger partial charge in [0.1, 0.15) is 5.69 Å². The van der Waals surface area contributed by atoms with E-state index in [1.54, 1.807) is 18.4 Å². The number of hydrogen-bond acceptors (Lipinski definition) is 3. The van der Waals surface area contributed by atoms with E-state index in [2.05, 4.69) is 9.98 Å². The van der Waals surface area contributed by atoms with Crippen molar-refractivity contribution in [1.29, 1.82) is 0 Å². The molecular weight excluding hydrogens is 262 g/mol. The van der Waals surface area contributed by atoms with Gasteiger partial charge in [0, 0.05) is 29.9 Å². The molecule has 0 saturated carbocycles. The molecule has 5 nitrogen and oxygen atoms in total. The molecule has 0 aliphatic rings. The number of aromatic amines is 1. The molecule has 0 aromatic carbocycles. The third-order valence-corrected chi connectivity index (χ3v) is 3.81. The number of Topliss-reactive ketones (excluding diaryl/α,β-unsaturated/α-hetero) is 1. The average Bonchev–Trinajstić information content (AvgIpc) is 2.83. The SMILES string of the molecule is CC(=O)c1c(C)[nH]c(C(=O)N=c2sccn2C)c1C. The molecule has 6 heteroatoms. The maximum atomic E-state index is 12.2. The maximum absolute atomic E-state index is 12.2. The van der Waals surface area contributed by atoms with Crippen molar-refractivity contribution in [1.82, 2.24) is 9.55 Å². The summed E-state index contributed by atoms with van der Waals surface area (Å²) in [5, 5.41) is 1.86. The summed E-state index contributed by atoms with van der Waals surface area (Å²) in [6.45, 7) is 5.04. The monoisotopic (exact) mass is 277 g/mol. The van der Waals surface area contributed by atoms with E-state index in [1.165, 1.54) is 18.3 Å². The second kappa shape index (κ2) is 4.97. The number of aryl methyl sites for hydroxylation is 2. The van der Waals surface area contributed by atoms with E-state index in [1.807, 2.05) is 18.6 Å². The summed E-state index contributed by atoms with van der Waals surface area (Å²) in [5.41, 5.74) is 2.34. The van der Waals surface area contributed by atoms with Gasteiger partial charge in [-0.3, -0.25) is 9.59 Å². The summed E-state index contributed by atoms with van der Waals surface area (Å²) >= 11 is 1.39. The third-order valence-electron chi connectivity index (χ3n) is 2.96. The summed E-state index contributed by atoms with van der Waals surface area (Å²) in [6, 6.07) is 0. The van der Waals surface area contributed by atoms with Crippen LogP contribution < -0.4 is 4.80 Å². The Morgan fingerprint density at radius 3 is 2.53 bits per heavy atom. The van der Waals surface area contributed by atoms with Gasteiger partial charge in [0.2, 0.25) is 0 Å². The van der Waals surface area contributed by atoms with Crippen LogP contribution in [0.3, 0.4) is 0 Å². The van der Waals surface area contributed by atoms with E-state index in [0.717, 1.165) is 0 Å². The fraction of sp³-hybridized carbons (Fsp3) is 0.308. The van der Waals surface area contributed by atoms with Gasteiger partial charge in [0.15, 0.2) is 10.6 Å². The lowest BCUT2D eigenvalue weighted by Gasteiger charge is -1.96. The standard InChI is InChI=1S/C13H15N3O2S/c1-7-10(9(3)17)8(2)14-11(7)12(18)15-13-16(4)5-6-19-13/h5-6,14H,1-4H3. The van der Waals surface area contributed by atoms with Crippen LogP contribution in [-0.4, -0.2) is 21.2 Å². The number of aromatic nitrogens is 2. The summed E-state index contributed by atoms with van der Waals surface area (Å²) in [6.07, 6.45) is 1.84. The molecule has 2 rings (SSSR count). The van der Waals surface area contributed by atoms with Gasteiger partial charge in [-0.15, -0.1) is 11.3 Å².